The van der Waals surface area contributed by atoms with Gasteiger partial charge in [-0.25, -0.2) is 9.67 Å². The van der Waals surface area contributed by atoms with Gasteiger partial charge in [0.2, 0.25) is 17.8 Å². The minimum atomic E-state index is -0.0420. The quantitative estimate of drug-likeness (QED) is 0.696. The number of aromatic nitrogens is 3. The van der Waals surface area contributed by atoms with Gasteiger partial charge in [-0.05, 0) is 14.1 Å². The van der Waals surface area contributed by atoms with Crippen LogP contribution >= 0.6 is 0 Å². The molecule has 0 spiro atoms. The molecule has 2 heterocycles. The summed E-state index contributed by atoms with van der Waals surface area (Å²) >= 11 is 0. The summed E-state index contributed by atoms with van der Waals surface area (Å²) in [6, 6.07) is 0. The lowest BCUT2D eigenvalue weighted by molar-refractivity contribution is -0.140. The van der Waals surface area contributed by atoms with Gasteiger partial charge in [0.15, 0.2) is 0 Å². The number of rotatable bonds is 4. The van der Waals surface area contributed by atoms with Crippen molar-refractivity contribution in [2.75, 3.05) is 52.6 Å². The molecular weight excluding hydrogens is 274 g/mol. The van der Waals surface area contributed by atoms with Crippen LogP contribution in [0.1, 0.15) is 0 Å². The summed E-state index contributed by atoms with van der Waals surface area (Å²) in [5.41, 5.74) is 5.41. The Morgan fingerprint density at radius 3 is 2.24 bits per heavy atom. The van der Waals surface area contributed by atoms with Crippen molar-refractivity contribution in [1.29, 1.82) is 0 Å². The number of piperazine rings is 1. The van der Waals surface area contributed by atoms with Crippen LogP contribution in [0.2, 0.25) is 0 Å². The molecule has 0 atom stereocenters. The van der Waals surface area contributed by atoms with E-state index in [-0.39, 0.29) is 24.3 Å². The molecule has 0 saturated carbocycles. The summed E-state index contributed by atoms with van der Waals surface area (Å²) in [5.74, 6) is 0.206. The summed E-state index contributed by atoms with van der Waals surface area (Å²) in [6.07, 6.45) is 1.43. The van der Waals surface area contributed by atoms with Gasteiger partial charge in [-0.1, -0.05) is 0 Å². The number of hydrogen-bond acceptors (Lipinski definition) is 6. The van der Waals surface area contributed by atoms with Gasteiger partial charge in [0, 0.05) is 26.2 Å². The number of amides is 2. The highest BCUT2D eigenvalue weighted by atomic mass is 16.2. The zero-order valence-electron chi connectivity index (χ0n) is 12.4. The molecule has 2 amide bonds. The van der Waals surface area contributed by atoms with Crippen LogP contribution in [0.5, 0.6) is 0 Å². The number of likely N-dealkylation sites (N-methyl/N-ethyl adjacent to an activating group) is 1. The Morgan fingerprint density at radius 1 is 1.19 bits per heavy atom. The average molecular weight is 295 g/mol. The van der Waals surface area contributed by atoms with Crippen LogP contribution in [0.25, 0.3) is 0 Å². The molecular formula is C12H21N7O2. The van der Waals surface area contributed by atoms with E-state index in [0.29, 0.717) is 32.7 Å². The standard InChI is InChI=1S/C12H21N7O2/c1-16(2)7-10(20)17-3-5-18(6-4-17)11(21)8-19-9-14-12(13)15-19/h9H,3-8H2,1-2H3,(H2,13,15). The van der Waals surface area contributed by atoms with Gasteiger partial charge >= 0.3 is 0 Å². The Hall–Kier alpha value is -2.16. The van der Waals surface area contributed by atoms with Crippen LogP contribution in [0.3, 0.4) is 0 Å². The Bertz CT molecular complexity index is 505. The van der Waals surface area contributed by atoms with Crippen molar-refractivity contribution in [2.24, 2.45) is 0 Å². The molecule has 1 aromatic rings. The topological polar surface area (TPSA) is 101 Å². The van der Waals surface area contributed by atoms with Crippen molar-refractivity contribution < 1.29 is 9.59 Å². The van der Waals surface area contributed by atoms with Crippen LogP contribution < -0.4 is 5.73 Å². The Kier molecular flexibility index (Phi) is 4.73. The number of anilines is 1. The summed E-state index contributed by atoms with van der Waals surface area (Å²) in [4.78, 5) is 33.2. The highest BCUT2D eigenvalue weighted by molar-refractivity contribution is 5.79. The first-order valence-electron chi connectivity index (χ1n) is 6.81. The molecule has 0 radical (unpaired) electrons. The van der Waals surface area contributed by atoms with E-state index in [9.17, 15) is 9.59 Å². The zero-order chi connectivity index (χ0) is 15.4. The third kappa shape index (κ3) is 4.15. The molecule has 1 aliphatic heterocycles. The van der Waals surface area contributed by atoms with Gasteiger partial charge in [-0.15, -0.1) is 5.10 Å². The molecule has 1 saturated heterocycles. The maximum Gasteiger partial charge on any atom is 0.244 e. The first-order chi connectivity index (χ1) is 9.95. The maximum atomic E-state index is 12.1. The largest absolute Gasteiger partial charge is 0.367 e. The third-order valence-electron chi connectivity index (χ3n) is 3.29. The molecule has 1 aliphatic rings. The van der Waals surface area contributed by atoms with E-state index in [1.54, 1.807) is 9.80 Å². The van der Waals surface area contributed by atoms with Crippen LogP contribution in [0.15, 0.2) is 6.33 Å². The fourth-order valence-electron chi connectivity index (χ4n) is 2.20. The molecule has 1 aromatic heterocycles. The molecule has 0 unspecified atom stereocenters. The minimum Gasteiger partial charge on any atom is -0.367 e. The van der Waals surface area contributed by atoms with Crippen molar-refractivity contribution in [2.45, 2.75) is 6.54 Å². The number of nitrogens with two attached hydrogens (primary N) is 1. The van der Waals surface area contributed by atoms with Crippen LogP contribution in [-0.2, 0) is 16.1 Å². The molecule has 116 valence electrons. The van der Waals surface area contributed by atoms with Crippen LogP contribution in [-0.4, -0.2) is 88.1 Å². The van der Waals surface area contributed by atoms with Gasteiger partial charge < -0.3 is 20.4 Å². The summed E-state index contributed by atoms with van der Waals surface area (Å²) in [6.45, 7) is 2.74. The van der Waals surface area contributed by atoms with Gasteiger partial charge in [0.25, 0.3) is 0 Å². The second kappa shape index (κ2) is 6.53. The fraction of sp³-hybridized carbons (Fsp3) is 0.667. The second-order valence-corrected chi connectivity index (χ2v) is 5.30. The number of nitrogen functional groups attached to an aromatic ring is 1. The Balaban J connectivity index is 1.80. The van der Waals surface area contributed by atoms with Crippen molar-refractivity contribution in [3.63, 3.8) is 0 Å². The monoisotopic (exact) mass is 295 g/mol. The minimum absolute atomic E-state index is 0.0420. The Morgan fingerprint density at radius 2 is 1.76 bits per heavy atom. The van der Waals surface area contributed by atoms with Gasteiger partial charge in [0.05, 0.1) is 6.54 Å². The predicted octanol–water partition coefficient (Wildman–Crippen LogP) is -1.91. The first-order valence-corrected chi connectivity index (χ1v) is 6.81. The number of carbonyl (C=O) groups excluding carboxylic acids is 2. The highest BCUT2D eigenvalue weighted by Gasteiger charge is 2.24. The smallest absolute Gasteiger partial charge is 0.244 e. The van der Waals surface area contributed by atoms with E-state index in [0.717, 1.165) is 0 Å². The van der Waals surface area contributed by atoms with Crippen LogP contribution in [0, 0.1) is 0 Å². The summed E-state index contributed by atoms with van der Waals surface area (Å²) in [5, 5.41) is 3.89. The summed E-state index contributed by atoms with van der Waals surface area (Å²) in [7, 11) is 3.73. The van der Waals surface area contributed by atoms with Crippen molar-refractivity contribution in [1.82, 2.24) is 29.5 Å². The lowest BCUT2D eigenvalue weighted by Gasteiger charge is -2.35. The lowest BCUT2D eigenvalue weighted by atomic mass is 10.3. The van der Waals surface area contributed by atoms with E-state index in [4.69, 9.17) is 5.73 Å². The molecule has 0 aliphatic carbocycles. The first kappa shape index (κ1) is 15.2. The van der Waals surface area contributed by atoms with E-state index in [1.165, 1.54) is 11.0 Å². The van der Waals surface area contributed by atoms with Crippen molar-refractivity contribution in [3.05, 3.63) is 6.33 Å². The van der Waals surface area contributed by atoms with Crippen molar-refractivity contribution >= 4 is 17.8 Å². The molecule has 9 nitrogen and oxygen atoms in total. The SMILES string of the molecule is CN(C)CC(=O)N1CCN(C(=O)Cn2cnc(N)n2)CC1. The fourth-order valence-corrected chi connectivity index (χ4v) is 2.20. The van der Waals surface area contributed by atoms with Crippen molar-refractivity contribution in [3.8, 4) is 0 Å². The third-order valence-corrected chi connectivity index (χ3v) is 3.29. The van der Waals surface area contributed by atoms with E-state index >= 15 is 0 Å². The zero-order valence-corrected chi connectivity index (χ0v) is 12.4. The van der Waals surface area contributed by atoms with E-state index < -0.39 is 0 Å². The second-order valence-electron chi connectivity index (χ2n) is 5.30. The van der Waals surface area contributed by atoms with Crippen LogP contribution in [0.4, 0.5) is 5.95 Å². The average Bonchev–Trinajstić information content (AvgIpc) is 2.83. The predicted molar refractivity (Wildman–Crippen MR) is 76.1 cm³/mol. The molecule has 9 heteroatoms. The molecule has 0 aromatic carbocycles. The maximum absolute atomic E-state index is 12.1. The van der Waals surface area contributed by atoms with E-state index in [2.05, 4.69) is 10.1 Å². The van der Waals surface area contributed by atoms with E-state index in [1.807, 2.05) is 19.0 Å². The lowest BCUT2D eigenvalue weighted by Crippen LogP contribution is -2.52. The van der Waals surface area contributed by atoms with Gasteiger partial charge in [-0.2, -0.15) is 0 Å². The molecule has 21 heavy (non-hydrogen) atoms. The molecule has 1 fully saturated rings. The van der Waals surface area contributed by atoms with Gasteiger partial charge in [0.1, 0.15) is 12.9 Å². The number of hydrogen-bond donors (Lipinski definition) is 1. The number of nitrogens with zero attached hydrogens (tertiary/aromatic N) is 6. The Labute approximate surface area is 123 Å². The number of carbonyl (C=O) groups is 2. The molecule has 2 N–H and O–H groups in total. The van der Waals surface area contributed by atoms with Gasteiger partial charge in [-0.3, -0.25) is 9.59 Å². The highest BCUT2D eigenvalue weighted by Crippen LogP contribution is 2.04. The normalized spacial score (nSPS) is 15.6. The summed E-state index contributed by atoms with van der Waals surface area (Å²) < 4.78 is 1.42. The molecule has 0 bridgehead atoms. The molecule has 2 rings (SSSR count).